The van der Waals surface area contributed by atoms with E-state index >= 15 is 0 Å². The van der Waals surface area contributed by atoms with Crippen LogP contribution in [-0.2, 0) is 0 Å². The summed E-state index contributed by atoms with van der Waals surface area (Å²) in [6.45, 7) is 0.709. The molecule has 1 aromatic rings. The summed E-state index contributed by atoms with van der Waals surface area (Å²) in [6, 6.07) is 8.03. The van der Waals surface area contributed by atoms with E-state index in [9.17, 15) is 0 Å². The van der Waals surface area contributed by atoms with Gasteiger partial charge in [-0.1, -0.05) is 24.3 Å². The molecule has 0 saturated heterocycles. The smallest absolute Gasteiger partial charge is 0.00403 e. The van der Waals surface area contributed by atoms with Crippen LogP contribution in [0.3, 0.4) is 0 Å². The zero-order valence-corrected chi connectivity index (χ0v) is 7.80. The van der Waals surface area contributed by atoms with E-state index in [0.29, 0.717) is 6.54 Å². The lowest BCUT2D eigenvalue weighted by Gasteiger charge is -1.93. The molecule has 0 aliphatic carbocycles. The molecule has 1 rings (SSSR count). The molecule has 1 aromatic carbocycles. The average Bonchev–Trinajstić information content (AvgIpc) is 2.09. The van der Waals surface area contributed by atoms with Gasteiger partial charge in [0.2, 0.25) is 0 Å². The Bertz CT molecular complexity index is 251. The molecular weight excluding hydrogens is 166 g/mol. The Hall–Kier alpha value is -0.730. The second kappa shape index (κ2) is 5.01. The third kappa shape index (κ3) is 3.11. The minimum Gasteiger partial charge on any atom is -0.330 e. The fourth-order valence-corrected chi connectivity index (χ4v) is 1.05. The van der Waals surface area contributed by atoms with Crippen LogP contribution in [0, 0.1) is 0 Å². The van der Waals surface area contributed by atoms with Crippen molar-refractivity contribution in [3.63, 3.8) is 0 Å². The minimum absolute atomic E-state index is 0.709. The first-order chi connectivity index (χ1) is 5.83. The van der Waals surface area contributed by atoms with Gasteiger partial charge in [0.1, 0.15) is 0 Å². The van der Waals surface area contributed by atoms with Crippen LogP contribution in [0.2, 0.25) is 0 Å². The predicted octanol–water partition coefficient (Wildman–Crippen LogP) is 2.34. The lowest BCUT2D eigenvalue weighted by Crippen LogP contribution is -1.94. The number of benzene rings is 1. The highest BCUT2D eigenvalue weighted by Crippen LogP contribution is 2.08. The van der Waals surface area contributed by atoms with E-state index in [1.807, 2.05) is 24.3 Å². The summed E-state index contributed by atoms with van der Waals surface area (Å²) < 4.78 is 0. The highest BCUT2D eigenvalue weighted by atomic mass is 32.1. The predicted molar refractivity (Wildman–Crippen MR) is 56.4 cm³/mol. The molecule has 0 fully saturated rings. The van der Waals surface area contributed by atoms with E-state index in [2.05, 4.69) is 24.8 Å². The molecule has 0 unspecified atom stereocenters. The molecule has 0 spiro atoms. The molecule has 2 N–H and O–H groups in total. The average molecular weight is 179 g/mol. The van der Waals surface area contributed by atoms with Gasteiger partial charge in [0.25, 0.3) is 0 Å². The summed E-state index contributed by atoms with van der Waals surface area (Å²) in [7, 11) is 0. The van der Waals surface area contributed by atoms with Crippen molar-refractivity contribution in [3.05, 3.63) is 35.9 Å². The monoisotopic (exact) mass is 179 g/mol. The number of hydrogen-bond donors (Lipinski definition) is 2. The van der Waals surface area contributed by atoms with Gasteiger partial charge in [-0.25, -0.2) is 0 Å². The van der Waals surface area contributed by atoms with Crippen molar-refractivity contribution in [2.24, 2.45) is 5.73 Å². The number of thiol groups is 1. The maximum Gasteiger partial charge on any atom is 0.00403 e. The van der Waals surface area contributed by atoms with Gasteiger partial charge in [-0.05, 0) is 30.7 Å². The van der Waals surface area contributed by atoms with Crippen molar-refractivity contribution in [2.45, 2.75) is 11.3 Å². The Kier molecular flexibility index (Phi) is 3.91. The molecule has 12 heavy (non-hydrogen) atoms. The summed E-state index contributed by atoms with van der Waals surface area (Å²) in [4.78, 5) is 0.992. The van der Waals surface area contributed by atoms with Gasteiger partial charge in [-0.2, -0.15) is 0 Å². The Labute approximate surface area is 78.7 Å². The molecule has 64 valence electrons. The highest BCUT2D eigenvalue weighted by Gasteiger charge is 1.85. The van der Waals surface area contributed by atoms with E-state index in [-0.39, 0.29) is 0 Å². The third-order valence-corrected chi connectivity index (χ3v) is 1.83. The first kappa shape index (κ1) is 9.36. The SMILES string of the molecule is NCCC=Cc1ccc(S)cc1. The van der Waals surface area contributed by atoms with Crippen LogP contribution in [0.25, 0.3) is 6.08 Å². The van der Waals surface area contributed by atoms with Crippen molar-refractivity contribution in [2.75, 3.05) is 6.54 Å². The number of hydrogen-bond acceptors (Lipinski definition) is 2. The Morgan fingerprint density at radius 2 is 1.92 bits per heavy atom. The summed E-state index contributed by atoms with van der Waals surface area (Å²) in [6.07, 6.45) is 5.08. The molecule has 0 aliphatic heterocycles. The van der Waals surface area contributed by atoms with Gasteiger partial charge in [0.05, 0.1) is 0 Å². The Balaban J connectivity index is 2.58. The Morgan fingerprint density at radius 3 is 2.50 bits per heavy atom. The van der Waals surface area contributed by atoms with E-state index < -0.39 is 0 Å². The molecule has 0 amide bonds. The molecule has 0 aliphatic rings. The second-order valence-corrected chi connectivity index (χ2v) is 3.09. The lowest BCUT2D eigenvalue weighted by molar-refractivity contribution is 1.01. The minimum atomic E-state index is 0.709. The van der Waals surface area contributed by atoms with Crippen LogP contribution in [-0.4, -0.2) is 6.54 Å². The van der Waals surface area contributed by atoms with Crippen molar-refractivity contribution < 1.29 is 0 Å². The maximum absolute atomic E-state index is 5.35. The van der Waals surface area contributed by atoms with Crippen LogP contribution in [0.4, 0.5) is 0 Å². The normalized spacial score (nSPS) is 10.8. The number of rotatable bonds is 3. The van der Waals surface area contributed by atoms with Gasteiger partial charge < -0.3 is 5.73 Å². The first-order valence-electron chi connectivity index (χ1n) is 3.98. The summed E-state index contributed by atoms with van der Waals surface area (Å²) in [5.74, 6) is 0. The fraction of sp³-hybridized carbons (Fsp3) is 0.200. The van der Waals surface area contributed by atoms with E-state index in [1.54, 1.807) is 0 Å². The second-order valence-electron chi connectivity index (χ2n) is 2.57. The van der Waals surface area contributed by atoms with Gasteiger partial charge >= 0.3 is 0 Å². The van der Waals surface area contributed by atoms with Crippen molar-refractivity contribution in [3.8, 4) is 0 Å². The van der Waals surface area contributed by atoms with Crippen molar-refractivity contribution in [1.82, 2.24) is 0 Å². The maximum atomic E-state index is 5.35. The van der Waals surface area contributed by atoms with Gasteiger partial charge in [0.15, 0.2) is 0 Å². The lowest BCUT2D eigenvalue weighted by atomic mass is 10.2. The first-order valence-corrected chi connectivity index (χ1v) is 4.43. The molecule has 1 nitrogen and oxygen atoms in total. The van der Waals surface area contributed by atoms with Gasteiger partial charge in [-0.3, -0.25) is 0 Å². The largest absolute Gasteiger partial charge is 0.330 e. The number of nitrogens with two attached hydrogens (primary N) is 1. The Morgan fingerprint density at radius 1 is 1.25 bits per heavy atom. The zero-order chi connectivity index (χ0) is 8.81. The molecule has 0 aromatic heterocycles. The quantitative estimate of drug-likeness (QED) is 0.684. The van der Waals surface area contributed by atoms with Crippen LogP contribution in [0.15, 0.2) is 35.2 Å². The highest BCUT2D eigenvalue weighted by molar-refractivity contribution is 7.80. The van der Waals surface area contributed by atoms with E-state index in [0.717, 1.165) is 11.3 Å². The molecule has 0 radical (unpaired) electrons. The van der Waals surface area contributed by atoms with Gasteiger partial charge in [-0.15, -0.1) is 12.6 Å². The molecule has 0 bridgehead atoms. The van der Waals surface area contributed by atoms with E-state index in [4.69, 9.17) is 5.73 Å². The van der Waals surface area contributed by atoms with E-state index in [1.165, 1.54) is 5.56 Å². The van der Waals surface area contributed by atoms with Crippen molar-refractivity contribution in [1.29, 1.82) is 0 Å². The molecule has 0 atom stereocenters. The summed E-state index contributed by atoms with van der Waals surface area (Å²) >= 11 is 4.20. The molecule has 2 heteroatoms. The zero-order valence-electron chi connectivity index (χ0n) is 6.90. The summed E-state index contributed by atoms with van der Waals surface area (Å²) in [5, 5.41) is 0. The molecule has 0 saturated carbocycles. The van der Waals surface area contributed by atoms with Crippen LogP contribution in [0.5, 0.6) is 0 Å². The van der Waals surface area contributed by atoms with Crippen LogP contribution < -0.4 is 5.73 Å². The summed E-state index contributed by atoms with van der Waals surface area (Å²) in [5.41, 5.74) is 6.55. The van der Waals surface area contributed by atoms with Crippen molar-refractivity contribution >= 4 is 18.7 Å². The van der Waals surface area contributed by atoms with Crippen LogP contribution in [0.1, 0.15) is 12.0 Å². The molecule has 0 heterocycles. The van der Waals surface area contributed by atoms with Gasteiger partial charge in [0, 0.05) is 4.90 Å². The fourth-order valence-electron chi connectivity index (χ4n) is 0.901. The standard InChI is InChI=1S/C10H13NS/c11-8-2-1-3-9-4-6-10(12)7-5-9/h1,3-7,12H,2,8,11H2. The third-order valence-electron chi connectivity index (χ3n) is 1.54. The topological polar surface area (TPSA) is 26.0 Å². The molecular formula is C10H13NS. The van der Waals surface area contributed by atoms with Crippen LogP contribution >= 0.6 is 12.6 Å².